The third kappa shape index (κ3) is 6.74. The Morgan fingerprint density at radius 1 is 1.17 bits per heavy atom. The fourth-order valence-corrected chi connectivity index (χ4v) is 3.63. The van der Waals surface area contributed by atoms with Gasteiger partial charge in [0.25, 0.3) is 0 Å². The summed E-state index contributed by atoms with van der Waals surface area (Å²) >= 11 is 0. The largest absolute Gasteiger partial charge is 0.314 e. The van der Waals surface area contributed by atoms with E-state index in [4.69, 9.17) is 0 Å². The van der Waals surface area contributed by atoms with Crippen molar-refractivity contribution in [2.24, 2.45) is 5.92 Å². The van der Waals surface area contributed by atoms with Crippen molar-refractivity contribution in [3.8, 4) is 0 Å². The van der Waals surface area contributed by atoms with Crippen molar-refractivity contribution in [2.75, 3.05) is 18.6 Å². The summed E-state index contributed by atoms with van der Waals surface area (Å²) in [5.74, 6) is 1.03. The predicted molar refractivity (Wildman–Crippen MR) is 77.6 cm³/mol. The van der Waals surface area contributed by atoms with Crippen LogP contribution < -0.4 is 5.32 Å². The SMILES string of the molecule is CCCNC1CCCCCC1CCCS(C)(=O)=O. The first-order chi connectivity index (χ1) is 8.53. The highest BCUT2D eigenvalue weighted by atomic mass is 32.2. The zero-order chi connectivity index (χ0) is 13.4. The molecule has 0 radical (unpaired) electrons. The van der Waals surface area contributed by atoms with E-state index in [1.165, 1.54) is 44.8 Å². The Balaban J connectivity index is 2.40. The van der Waals surface area contributed by atoms with Crippen molar-refractivity contribution < 1.29 is 8.42 Å². The van der Waals surface area contributed by atoms with Gasteiger partial charge >= 0.3 is 0 Å². The zero-order valence-electron chi connectivity index (χ0n) is 12.0. The highest BCUT2D eigenvalue weighted by Gasteiger charge is 2.22. The third-order valence-electron chi connectivity index (χ3n) is 3.91. The molecule has 3 nitrogen and oxygen atoms in total. The van der Waals surface area contributed by atoms with Gasteiger partial charge in [-0.15, -0.1) is 0 Å². The Hall–Kier alpha value is -0.0900. The van der Waals surface area contributed by atoms with Crippen LogP contribution in [0.25, 0.3) is 0 Å². The van der Waals surface area contributed by atoms with Gasteiger partial charge in [0.05, 0.1) is 0 Å². The topological polar surface area (TPSA) is 46.2 Å². The van der Waals surface area contributed by atoms with Crippen LogP contribution in [0.4, 0.5) is 0 Å². The van der Waals surface area contributed by atoms with E-state index in [0.29, 0.717) is 17.7 Å². The van der Waals surface area contributed by atoms with Crippen LogP contribution >= 0.6 is 0 Å². The van der Waals surface area contributed by atoms with Crippen LogP contribution in [0, 0.1) is 5.92 Å². The van der Waals surface area contributed by atoms with Crippen LogP contribution in [0.2, 0.25) is 0 Å². The Bertz CT molecular complexity index is 314. The first-order valence-electron chi connectivity index (χ1n) is 7.44. The van der Waals surface area contributed by atoms with E-state index in [9.17, 15) is 8.42 Å². The molecule has 1 fully saturated rings. The van der Waals surface area contributed by atoms with Crippen molar-refractivity contribution in [1.29, 1.82) is 0 Å². The van der Waals surface area contributed by atoms with Crippen LogP contribution in [0.15, 0.2) is 0 Å². The Morgan fingerprint density at radius 2 is 1.89 bits per heavy atom. The molecule has 1 aliphatic rings. The van der Waals surface area contributed by atoms with Crippen LogP contribution in [-0.4, -0.2) is 33.0 Å². The molecular formula is C14H29NO2S. The summed E-state index contributed by atoms with van der Waals surface area (Å²) in [6, 6.07) is 0.618. The van der Waals surface area contributed by atoms with Gasteiger partial charge < -0.3 is 5.32 Å². The second-order valence-electron chi connectivity index (χ2n) is 5.73. The van der Waals surface area contributed by atoms with Crippen molar-refractivity contribution in [2.45, 2.75) is 64.3 Å². The zero-order valence-corrected chi connectivity index (χ0v) is 12.8. The maximum Gasteiger partial charge on any atom is 0.147 e. The van der Waals surface area contributed by atoms with Gasteiger partial charge in [-0.2, -0.15) is 0 Å². The standard InChI is InChI=1S/C14H29NO2S/c1-3-11-15-14-10-6-4-5-8-13(14)9-7-12-18(2,16)17/h13-15H,3-12H2,1-2H3. The van der Waals surface area contributed by atoms with Crippen LogP contribution in [0.5, 0.6) is 0 Å². The Kier molecular flexibility index (Phi) is 7.23. The average molecular weight is 275 g/mol. The summed E-state index contributed by atoms with van der Waals surface area (Å²) in [6.07, 6.45) is 10.9. The number of sulfone groups is 1. The minimum atomic E-state index is -2.79. The summed E-state index contributed by atoms with van der Waals surface area (Å²) in [5, 5.41) is 3.66. The molecule has 18 heavy (non-hydrogen) atoms. The molecule has 0 aliphatic heterocycles. The lowest BCUT2D eigenvalue weighted by Gasteiger charge is -2.26. The highest BCUT2D eigenvalue weighted by Crippen LogP contribution is 2.27. The van der Waals surface area contributed by atoms with Gasteiger partial charge in [0.1, 0.15) is 9.84 Å². The monoisotopic (exact) mass is 275 g/mol. The summed E-state index contributed by atoms with van der Waals surface area (Å²) < 4.78 is 22.4. The molecule has 2 unspecified atom stereocenters. The van der Waals surface area contributed by atoms with E-state index >= 15 is 0 Å². The Labute approximate surface area is 113 Å². The van der Waals surface area contributed by atoms with Gasteiger partial charge in [0, 0.05) is 18.1 Å². The van der Waals surface area contributed by atoms with E-state index < -0.39 is 9.84 Å². The molecular weight excluding hydrogens is 246 g/mol. The third-order valence-corrected chi connectivity index (χ3v) is 4.94. The molecule has 1 N–H and O–H groups in total. The summed E-state index contributed by atoms with van der Waals surface area (Å²) in [6.45, 7) is 3.29. The lowest BCUT2D eigenvalue weighted by atomic mass is 9.90. The smallest absolute Gasteiger partial charge is 0.147 e. The first-order valence-corrected chi connectivity index (χ1v) is 9.50. The minimum Gasteiger partial charge on any atom is -0.314 e. The molecule has 0 amide bonds. The number of nitrogens with one attached hydrogen (secondary N) is 1. The molecule has 0 aromatic carbocycles. The molecule has 0 aromatic heterocycles. The lowest BCUT2D eigenvalue weighted by molar-refractivity contribution is 0.315. The van der Waals surface area contributed by atoms with E-state index in [-0.39, 0.29) is 0 Å². The molecule has 0 heterocycles. The van der Waals surface area contributed by atoms with Crippen LogP contribution in [0.1, 0.15) is 58.3 Å². The molecule has 108 valence electrons. The molecule has 0 spiro atoms. The van der Waals surface area contributed by atoms with Crippen molar-refractivity contribution in [1.82, 2.24) is 5.32 Å². The van der Waals surface area contributed by atoms with Gasteiger partial charge in [-0.25, -0.2) is 8.42 Å². The van der Waals surface area contributed by atoms with Crippen LogP contribution in [-0.2, 0) is 9.84 Å². The van der Waals surface area contributed by atoms with Gasteiger partial charge in [-0.1, -0.05) is 26.2 Å². The fraction of sp³-hybridized carbons (Fsp3) is 1.00. The first kappa shape index (κ1) is 16.0. The van der Waals surface area contributed by atoms with E-state index in [0.717, 1.165) is 19.4 Å². The summed E-state index contributed by atoms with van der Waals surface area (Å²) in [4.78, 5) is 0. The predicted octanol–water partition coefficient (Wildman–Crippen LogP) is 2.76. The van der Waals surface area contributed by atoms with Gasteiger partial charge in [0.2, 0.25) is 0 Å². The number of rotatable bonds is 7. The van der Waals surface area contributed by atoms with E-state index in [1.54, 1.807) is 0 Å². The maximum atomic E-state index is 11.2. The summed E-state index contributed by atoms with van der Waals surface area (Å²) in [7, 11) is -2.79. The lowest BCUT2D eigenvalue weighted by Crippen LogP contribution is -2.36. The van der Waals surface area contributed by atoms with Crippen molar-refractivity contribution in [3.05, 3.63) is 0 Å². The molecule has 0 saturated heterocycles. The van der Waals surface area contributed by atoms with E-state index in [2.05, 4.69) is 12.2 Å². The molecule has 0 bridgehead atoms. The minimum absolute atomic E-state index is 0.351. The highest BCUT2D eigenvalue weighted by molar-refractivity contribution is 7.90. The van der Waals surface area contributed by atoms with Crippen LogP contribution in [0.3, 0.4) is 0 Å². The second-order valence-corrected chi connectivity index (χ2v) is 7.99. The van der Waals surface area contributed by atoms with E-state index in [1.807, 2.05) is 0 Å². The molecule has 0 aromatic rings. The average Bonchev–Trinajstić information content (AvgIpc) is 2.50. The molecule has 1 aliphatic carbocycles. The summed E-state index contributed by atoms with van der Waals surface area (Å²) in [5.41, 5.74) is 0. The molecule has 4 heteroatoms. The van der Waals surface area contributed by atoms with Crippen molar-refractivity contribution >= 4 is 9.84 Å². The van der Waals surface area contributed by atoms with Crippen molar-refractivity contribution in [3.63, 3.8) is 0 Å². The molecule has 1 rings (SSSR count). The number of hydrogen-bond donors (Lipinski definition) is 1. The van der Waals surface area contributed by atoms with Gasteiger partial charge in [0.15, 0.2) is 0 Å². The number of hydrogen-bond acceptors (Lipinski definition) is 3. The Morgan fingerprint density at radius 3 is 2.56 bits per heavy atom. The van der Waals surface area contributed by atoms with Gasteiger partial charge in [-0.05, 0) is 44.6 Å². The maximum absolute atomic E-state index is 11.2. The molecule has 1 saturated carbocycles. The normalized spacial score (nSPS) is 25.9. The second kappa shape index (κ2) is 8.16. The molecule has 2 atom stereocenters. The quantitative estimate of drug-likeness (QED) is 0.727. The fourth-order valence-electron chi connectivity index (χ4n) is 2.94. The van der Waals surface area contributed by atoms with Gasteiger partial charge in [-0.3, -0.25) is 0 Å².